The SMILES string of the molecule is C[C@@H](N)C(=O)OC(C)(C)C.C[C@@H](NCCc1cc(Br)c[nH]1)C(=O)OC(C)(C)C.C[C@H](C(=O)OC(C)(C)C)N1CCc2cc(B3OC(C)(C)C(C)(C)O3)cn2C1=O.C[C@H](C(=O)OC(C)(C)C)N1CCc2cc(Br)cn2C1=O.Cc1ccc(S(=O)(=O)n2cc(Br)cc2CCN[C@H](C)C(=O)OC(C)(C)C)cc1.Cl. The van der Waals surface area contributed by atoms with Crippen LogP contribution >= 0.6 is 60.2 Å². The smallest absolute Gasteiger partial charge is 0.459 e. The van der Waals surface area contributed by atoms with Crippen LogP contribution in [0.5, 0.6) is 0 Å². The highest BCUT2D eigenvalue weighted by atomic mass is 79.9. The first kappa shape index (κ1) is 93.4. The number of hydrogen-bond donors (Lipinski definition) is 4. The molecule has 1 saturated heterocycles. The highest BCUT2D eigenvalue weighted by Gasteiger charge is 2.52. The number of fused-ring (bicyclic) bond motifs is 2. The molecular weight excluding hydrogens is 1590 g/mol. The van der Waals surface area contributed by atoms with Crippen molar-refractivity contribution in [3.63, 3.8) is 0 Å². The van der Waals surface area contributed by atoms with Crippen LogP contribution in [0.1, 0.15) is 195 Å². The Morgan fingerprint density at radius 3 is 1.36 bits per heavy atom. The number of carbonyl (C=O) groups excluding carboxylic acids is 7. The summed E-state index contributed by atoms with van der Waals surface area (Å²) in [6.07, 6.45) is 9.58. The number of halogens is 4. The van der Waals surface area contributed by atoms with Crippen LogP contribution in [0.25, 0.3) is 0 Å². The highest BCUT2D eigenvalue weighted by Crippen LogP contribution is 2.37. The first-order chi connectivity index (χ1) is 47.4. The molecule has 2 amide bonds. The molecule has 0 radical (unpaired) electrons. The summed E-state index contributed by atoms with van der Waals surface area (Å²) in [6.45, 7) is 48.0. The number of aromatic amines is 1. The van der Waals surface area contributed by atoms with Gasteiger partial charge in [0, 0.05) is 112 Å². The van der Waals surface area contributed by atoms with Gasteiger partial charge in [0.1, 0.15) is 58.2 Å². The van der Waals surface area contributed by atoms with Crippen LogP contribution in [0.2, 0.25) is 0 Å². The minimum absolute atomic E-state index is 0. The van der Waals surface area contributed by atoms with E-state index in [4.69, 9.17) is 38.7 Å². The maximum Gasteiger partial charge on any atom is 0.496 e. The monoisotopic (exact) mass is 1700 g/mol. The minimum Gasteiger partial charge on any atom is -0.459 e. The van der Waals surface area contributed by atoms with Gasteiger partial charge in [0.25, 0.3) is 10.0 Å². The van der Waals surface area contributed by atoms with E-state index in [9.17, 15) is 42.0 Å². The first-order valence-corrected chi connectivity index (χ1v) is 38.7. The number of nitrogens with two attached hydrogens (primary N) is 1. The zero-order valence-corrected chi connectivity index (χ0v) is 72.2. The van der Waals surface area contributed by atoms with E-state index in [1.165, 1.54) is 3.97 Å². The van der Waals surface area contributed by atoms with Gasteiger partial charge in [-0.2, -0.15) is 0 Å². The number of nitrogens with one attached hydrogen (secondary N) is 3. The molecule has 0 spiro atoms. The van der Waals surface area contributed by atoms with E-state index >= 15 is 0 Å². The van der Waals surface area contributed by atoms with Gasteiger partial charge in [-0.25, -0.2) is 31.6 Å². The van der Waals surface area contributed by atoms with E-state index in [0.29, 0.717) is 42.6 Å². The second kappa shape index (κ2) is 38.0. The Bertz CT molecular complexity index is 3860. The van der Waals surface area contributed by atoms with E-state index in [2.05, 4.69) is 63.4 Å². The lowest BCUT2D eigenvalue weighted by Crippen LogP contribution is -2.50. The Morgan fingerprint density at radius 2 is 0.962 bits per heavy atom. The number of H-pyrrole nitrogens is 1. The molecule has 4 aromatic heterocycles. The lowest BCUT2D eigenvalue weighted by atomic mass is 9.81. The van der Waals surface area contributed by atoms with Crippen molar-refractivity contribution in [2.24, 2.45) is 5.73 Å². The molecule has 8 rings (SSSR count). The lowest BCUT2D eigenvalue weighted by Gasteiger charge is -2.33. The predicted molar refractivity (Wildman–Crippen MR) is 420 cm³/mol. The first-order valence-electron chi connectivity index (χ1n) is 34.9. The van der Waals surface area contributed by atoms with Gasteiger partial charge in [0.05, 0.1) is 16.1 Å². The van der Waals surface area contributed by atoms with Crippen LogP contribution in [0.3, 0.4) is 0 Å². The summed E-state index contributed by atoms with van der Waals surface area (Å²) in [6, 6.07) is 11.5. The van der Waals surface area contributed by atoms with Crippen molar-refractivity contribution in [2.75, 3.05) is 26.2 Å². The zero-order valence-electron chi connectivity index (χ0n) is 65.8. The molecule has 5 atom stereocenters. The quantitative estimate of drug-likeness (QED) is 0.0360. The van der Waals surface area contributed by atoms with Gasteiger partial charge in [-0.05, 0) is 264 Å². The van der Waals surface area contributed by atoms with Gasteiger partial charge in [-0.3, -0.25) is 23.5 Å². The predicted octanol–water partition coefficient (Wildman–Crippen LogP) is 12.5. The van der Waals surface area contributed by atoms with Crippen molar-refractivity contribution in [1.29, 1.82) is 0 Å². The number of hydrogen-bond acceptors (Lipinski definition) is 19. The molecule has 1 fully saturated rings. The third kappa shape index (κ3) is 29.6. The normalized spacial score (nSPS) is 16.4. The van der Waals surface area contributed by atoms with Crippen molar-refractivity contribution in [1.82, 2.24) is 38.5 Å². The number of nitrogens with zero attached hydrogens (tertiary/aromatic N) is 5. The fourth-order valence-corrected chi connectivity index (χ4v) is 12.8. The maximum absolute atomic E-state index is 13.0. The molecule has 5 aromatic rings. The summed E-state index contributed by atoms with van der Waals surface area (Å²) < 4.78 is 71.6. The van der Waals surface area contributed by atoms with Gasteiger partial charge in [-0.1, -0.05) is 17.7 Å². The molecule has 0 unspecified atom stereocenters. The Labute approximate surface area is 653 Å². The Balaban J connectivity index is 0.000000352. The highest BCUT2D eigenvalue weighted by molar-refractivity contribution is 9.11. The number of amides is 2. The summed E-state index contributed by atoms with van der Waals surface area (Å²) in [7, 11) is -4.21. The number of benzene rings is 1. The van der Waals surface area contributed by atoms with Gasteiger partial charge in [0.2, 0.25) is 0 Å². The third-order valence-electron chi connectivity index (χ3n) is 16.0. The van der Waals surface area contributed by atoms with E-state index in [0.717, 1.165) is 56.4 Å². The lowest BCUT2D eigenvalue weighted by molar-refractivity contribution is -0.160. The second-order valence-corrected chi connectivity index (χ2v) is 36.5. The van der Waals surface area contributed by atoms with E-state index in [-0.39, 0.29) is 59.3 Å². The molecule has 25 nitrogen and oxygen atoms in total. The van der Waals surface area contributed by atoms with Crippen molar-refractivity contribution in [3.05, 3.63) is 115 Å². The van der Waals surface area contributed by atoms with Gasteiger partial charge in [-0.15, -0.1) is 12.4 Å². The summed E-state index contributed by atoms with van der Waals surface area (Å²) in [4.78, 5) is 91.0. The Morgan fingerprint density at radius 1 is 0.571 bits per heavy atom. The van der Waals surface area contributed by atoms with Crippen molar-refractivity contribution < 1.29 is 75.0 Å². The number of carbonyl (C=O) groups is 7. The average molecular weight is 1700 g/mol. The molecule has 0 bridgehead atoms. The summed E-state index contributed by atoms with van der Waals surface area (Å²) in [5.41, 5.74) is 7.24. The Kier molecular flexibility index (Phi) is 33.8. The molecule has 7 heterocycles. The number of aromatic nitrogens is 4. The average Bonchev–Trinajstić information content (AvgIpc) is 1.45. The van der Waals surface area contributed by atoms with E-state index in [1.807, 2.05) is 170 Å². The molecular formula is C74H114BBr3ClN9O16S. The topological polar surface area (TPSA) is 305 Å². The van der Waals surface area contributed by atoms with Crippen molar-refractivity contribution in [2.45, 2.75) is 273 Å². The number of rotatable bonds is 18. The zero-order chi connectivity index (χ0) is 79.4. The van der Waals surface area contributed by atoms with Gasteiger partial charge >= 0.3 is 49.0 Å². The van der Waals surface area contributed by atoms with Crippen LogP contribution < -0.4 is 21.8 Å². The molecule has 3 aliphatic heterocycles. The van der Waals surface area contributed by atoms with Gasteiger partial charge < -0.3 is 64.1 Å². The second-order valence-electron chi connectivity index (χ2n) is 32.0. The van der Waals surface area contributed by atoms with Crippen molar-refractivity contribution in [3.8, 4) is 0 Å². The molecule has 0 aliphatic carbocycles. The summed E-state index contributed by atoms with van der Waals surface area (Å²) >= 11 is 10.1. The fourth-order valence-electron chi connectivity index (χ4n) is 9.96. The fraction of sp³-hybridized carbons (Fsp3) is 0.608. The molecule has 3 aliphatic rings. The summed E-state index contributed by atoms with van der Waals surface area (Å²) in [5.74, 6) is -1.68. The van der Waals surface area contributed by atoms with Crippen LogP contribution in [0, 0.1) is 6.92 Å². The number of ether oxygens (including phenoxy) is 5. The Hall–Kier alpha value is -5.83. The molecule has 31 heteroatoms. The standard InChI is InChI=1S/C20H31BN2O5.C20H27BrN2O4S.C14H19BrN2O3.C13H21BrN2O2.C7H15NO2.ClH/c1-13(16(24)26-18(2,3)4)22-10-9-15-11-14(12-23(15)17(22)25)21-27-19(5,6)20(7,8)28-21;1-14-6-8-18(9-7-14)28(25,26)23-13-16(21)12-17(23)10-11-22-15(2)19(24)27-20(3,4)5;1-9(12(18)20-14(2,3)4)16-6-5-11-7-10(15)8-17(11)13(16)19;1-9(12(17)18-13(2,3)4)15-6-5-11-7-10(14)8-16-11;1-5(8)6(9)10-7(2,3)4;/h11-13H,9-10H2,1-8H3;6-9,12-13,15,22H,10-11H2,1-5H3;7-9H,5-6H2,1-4H3;7-9,15-16H,5-6H2,1-4H3;5H,8H2,1-4H3;1H/t13-;15-;2*9-;5-;/m11111./s1. The molecule has 105 heavy (non-hydrogen) atoms. The van der Waals surface area contributed by atoms with E-state index < -0.39 is 86.5 Å². The van der Waals surface area contributed by atoms with Crippen LogP contribution in [-0.2, 0) is 92.7 Å². The van der Waals surface area contributed by atoms with Gasteiger partial charge in [0.15, 0.2) is 0 Å². The molecule has 5 N–H and O–H groups in total. The summed E-state index contributed by atoms with van der Waals surface area (Å²) in [5, 5.41) is 6.24. The third-order valence-corrected chi connectivity index (χ3v) is 19.0. The largest absolute Gasteiger partial charge is 0.496 e. The molecule has 588 valence electrons. The minimum atomic E-state index is -3.69. The van der Waals surface area contributed by atoms with Crippen LogP contribution in [0.4, 0.5) is 9.59 Å². The van der Waals surface area contributed by atoms with Crippen LogP contribution in [0.15, 0.2) is 91.6 Å². The van der Waals surface area contributed by atoms with Crippen LogP contribution in [-0.4, -0.2) is 181 Å². The van der Waals surface area contributed by atoms with Crippen molar-refractivity contribution >= 4 is 125 Å². The number of esters is 5. The molecule has 1 aromatic carbocycles. The molecule has 0 saturated carbocycles. The van der Waals surface area contributed by atoms with E-state index in [1.54, 1.807) is 95.6 Å². The maximum atomic E-state index is 13.0. The number of aryl methyl sites for hydroxylation is 1.